The number of rotatable bonds is 6. The molecule has 3 aromatic carbocycles. The fraction of sp³-hybridized carbons (Fsp3) is 0.0909. The summed E-state index contributed by atoms with van der Waals surface area (Å²) in [6.45, 7) is 0. The first-order chi connectivity index (χ1) is 15.7. The summed E-state index contributed by atoms with van der Waals surface area (Å²) in [5, 5.41) is 0.281. The summed E-state index contributed by atoms with van der Waals surface area (Å²) in [4.78, 5) is 6.98. The SMILES string of the molecule is COc1ccc(NS(=O)(=O)c2ccc(Oc3nc(C(F)(F)F)nc4ccccc34)cc2)cc1. The number of benzene rings is 3. The van der Waals surface area contributed by atoms with Crippen LogP contribution >= 0.6 is 0 Å². The lowest BCUT2D eigenvalue weighted by atomic mass is 10.2. The van der Waals surface area contributed by atoms with Gasteiger partial charge >= 0.3 is 6.18 Å². The lowest BCUT2D eigenvalue weighted by molar-refractivity contribution is -0.144. The maximum absolute atomic E-state index is 13.2. The molecular weight excluding hydrogens is 459 g/mol. The predicted molar refractivity (Wildman–Crippen MR) is 115 cm³/mol. The van der Waals surface area contributed by atoms with Gasteiger partial charge in [-0.1, -0.05) is 12.1 Å². The number of hydrogen-bond donors (Lipinski definition) is 1. The second-order valence-electron chi connectivity index (χ2n) is 6.77. The van der Waals surface area contributed by atoms with E-state index >= 15 is 0 Å². The zero-order valence-corrected chi connectivity index (χ0v) is 17.8. The van der Waals surface area contributed by atoms with Crippen LogP contribution in [0.3, 0.4) is 0 Å². The lowest BCUT2D eigenvalue weighted by Crippen LogP contribution is -2.13. The number of ether oxygens (including phenoxy) is 2. The first-order valence-corrected chi connectivity index (χ1v) is 10.9. The average molecular weight is 475 g/mol. The maximum atomic E-state index is 13.2. The lowest BCUT2D eigenvalue weighted by Gasteiger charge is -2.12. The van der Waals surface area contributed by atoms with Gasteiger partial charge in [0.25, 0.3) is 10.0 Å². The van der Waals surface area contributed by atoms with Crippen LogP contribution in [0.5, 0.6) is 17.4 Å². The van der Waals surface area contributed by atoms with Crippen LogP contribution in [0.4, 0.5) is 18.9 Å². The van der Waals surface area contributed by atoms with Gasteiger partial charge in [-0.3, -0.25) is 4.72 Å². The highest BCUT2D eigenvalue weighted by Crippen LogP contribution is 2.33. The predicted octanol–water partition coefficient (Wildman–Crippen LogP) is 5.25. The standard InChI is InChI=1S/C22H16F3N3O4S/c1-31-15-8-6-14(7-9-15)28-33(29,30)17-12-10-16(11-13-17)32-20-18-4-2-3-5-19(18)26-21(27-20)22(23,24)25/h2-13,28H,1H3. The molecule has 0 amide bonds. The minimum absolute atomic E-state index is 0.0609. The Morgan fingerprint density at radius 2 is 1.48 bits per heavy atom. The molecule has 0 bridgehead atoms. The summed E-state index contributed by atoms with van der Waals surface area (Å²) < 4.78 is 77.8. The van der Waals surface area contributed by atoms with Crippen LogP contribution in [0.1, 0.15) is 5.82 Å². The molecule has 4 aromatic rings. The van der Waals surface area contributed by atoms with Crippen molar-refractivity contribution in [1.29, 1.82) is 0 Å². The number of halogens is 3. The quantitative estimate of drug-likeness (QED) is 0.410. The molecule has 0 saturated carbocycles. The van der Waals surface area contributed by atoms with Gasteiger partial charge in [0.1, 0.15) is 11.5 Å². The Morgan fingerprint density at radius 3 is 2.12 bits per heavy atom. The molecule has 170 valence electrons. The van der Waals surface area contributed by atoms with Crippen molar-refractivity contribution >= 4 is 26.6 Å². The van der Waals surface area contributed by atoms with Crippen molar-refractivity contribution in [3.63, 3.8) is 0 Å². The molecule has 1 N–H and O–H groups in total. The number of para-hydroxylation sites is 1. The Morgan fingerprint density at radius 1 is 0.848 bits per heavy atom. The highest BCUT2D eigenvalue weighted by atomic mass is 32.2. The summed E-state index contributed by atoms with van der Waals surface area (Å²) >= 11 is 0. The largest absolute Gasteiger partial charge is 0.497 e. The van der Waals surface area contributed by atoms with Gasteiger partial charge in [0.2, 0.25) is 11.7 Å². The second kappa shape index (κ2) is 8.58. The van der Waals surface area contributed by atoms with E-state index in [1.165, 1.54) is 43.5 Å². The van der Waals surface area contributed by atoms with E-state index in [1.54, 1.807) is 36.4 Å². The second-order valence-corrected chi connectivity index (χ2v) is 8.46. The number of methoxy groups -OCH3 is 1. The zero-order valence-electron chi connectivity index (χ0n) is 17.0. The van der Waals surface area contributed by atoms with Gasteiger partial charge in [0.05, 0.1) is 22.9 Å². The van der Waals surface area contributed by atoms with E-state index in [1.807, 2.05) is 0 Å². The van der Waals surface area contributed by atoms with Gasteiger partial charge in [-0.25, -0.2) is 13.4 Å². The zero-order chi connectivity index (χ0) is 23.6. The number of sulfonamides is 1. The fourth-order valence-electron chi connectivity index (χ4n) is 2.92. The third-order valence-corrected chi connectivity index (χ3v) is 5.91. The maximum Gasteiger partial charge on any atom is 0.451 e. The highest BCUT2D eigenvalue weighted by molar-refractivity contribution is 7.92. The minimum atomic E-state index is -4.76. The van der Waals surface area contributed by atoms with Crippen LogP contribution in [-0.4, -0.2) is 25.5 Å². The first-order valence-electron chi connectivity index (χ1n) is 9.44. The van der Waals surface area contributed by atoms with Crippen molar-refractivity contribution in [3.8, 4) is 17.4 Å². The molecule has 0 saturated heterocycles. The molecule has 1 aromatic heterocycles. The molecule has 0 aliphatic heterocycles. The van der Waals surface area contributed by atoms with E-state index in [2.05, 4.69) is 14.7 Å². The molecule has 0 radical (unpaired) electrons. The van der Waals surface area contributed by atoms with Crippen LogP contribution in [0.15, 0.2) is 77.7 Å². The third kappa shape index (κ3) is 4.98. The molecular formula is C22H16F3N3O4S. The molecule has 0 aliphatic carbocycles. The number of nitrogens with zero attached hydrogens (tertiary/aromatic N) is 2. The highest BCUT2D eigenvalue weighted by Gasteiger charge is 2.36. The van der Waals surface area contributed by atoms with Crippen LogP contribution in [0, 0.1) is 0 Å². The van der Waals surface area contributed by atoms with E-state index in [4.69, 9.17) is 9.47 Å². The van der Waals surface area contributed by atoms with Crippen LogP contribution in [-0.2, 0) is 16.2 Å². The minimum Gasteiger partial charge on any atom is -0.497 e. The molecule has 7 nitrogen and oxygen atoms in total. The number of anilines is 1. The topological polar surface area (TPSA) is 90.4 Å². The Labute approximate surface area is 186 Å². The van der Waals surface area contributed by atoms with E-state index in [-0.39, 0.29) is 27.4 Å². The summed E-state index contributed by atoms with van der Waals surface area (Å²) in [6.07, 6.45) is -4.76. The van der Waals surface area contributed by atoms with Crippen molar-refractivity contribution in [2.24, 2.45) is 0 Å². The third-order valence-electron chi connectivity index (χ3n) is 4.51. The molecule has 0 fully saturated rings. The summed E-state index contributed by atoms with van der Waals surface area (Å²) in [5.41, 5.74) is 0.404. The van der Waals surface area contributed by atoms with Crippen LogP contribution < -0.4 is 14.2 Å². The molecule has 11 heteroatoms. The van der Waals surface area contributed by atoms with Crippen LogP contribution in [0.25, 0.3) is 10.9 Å². The monoisotopic (exact) mass is 475 g/mol. The van der Waals surface area contributed by atoms with Gasteiger partial charge in [-0.15, -0.1) is 0 Å². The van der Waals surface area contributed by atoms with Gasteiger partial charge in [-0.2, -0.15) is 18.2 Å². The molecule has 0 atom stereocenters. The smallest absolute Gasteiger partial charge is 0.451 e. The number of aromatic nitrogens is 2. The molecule has 0 spiro atoms. The molecule has 0 unspecified atom stereocenters. The molecule has 0 aliphatic rings. The Bertz CT molecular complexity index is 1390. The normalized spacial score (nSPS) is 11.9. The molecule has 1 heterocycles. The fourth-order valence-corrected chi connectivity index (χ4v) is 3.98. The van der Waals surface area contributed by atoms with E-state index < -0.39 is 22.0 Å². The van der Waals surface area contributed by atoms with E-state index in [9.17, 15) is 21.6 Å². The van der Waals surface area contributed by atoms with Gasteiger partial charge in [-0.05, 0) is 60.7 Å². The first kappa shape index (κ1) is 22.3. The van der Waals surface area contributed by atoms with E-state index in [0.717, 1.165) is 0 Å². The van der Waals surface area contributed by atoms with Crippen molar-refractivity contribution in [1.82, 2.24) is 9.97 Å². The molecule has 4 rings (SSSR count). The Kier molecular flexibility index (Phi) is 5.81. The summed E-state index contributed by atoms with van der Waals surface area (Å²) in [6, 6.07) is 17.6. The van der Waals surface area contributed by atoms with Gasteiger partial charge < -0.3 is 9.47 Å². The summed E-state index contributed by atoms with van der Waals surface area (Å²) in [5.74, 6) is -0.945. The van der Waals surface area contributed by atoms with E-state index in [0.29, 0.717) is 11.4 Å². The average Bonchev–Trinajstić information content (AvgIpc) is 2.79. The number of nitrogens with one attached hydrogen (secondary N) is 1. The number of alkyl halides is 3. The van der Waals surface area contributed by atoms with Crippen molar-refractivity contribution < 1.29 is 31.1 Å². The van der Waals surface area contributed by atoms with Crippen molar-refractivity contribution in [3.05, 3.63) is 78.6 Å². The summed E-state index contributed by atoms with van der Waals surface area (Å²) in [7, 11) is -2.41. The Balaban J connectivity index is 1.59. The van der Waals surface area contributed by atoms with Gasteiger partial charge in [0, 0.05) is 5.69 Å². The van der Waals surface area contributed by atoms with Crippen molar-refractivity contribution in [2.75, 3.05) is 11.8 Å². The van der Waals surface area contributed by atoms with Crippen LogP contribution in [0.2, 0.25) is 0 Å². The molecule has 33 heavy (non-hydrogen) atoms. The van der Waals surface area contributed by atoms with Crippen molar-refractivity contribution in [2.45, 2.75) is 11.1 Å². The number of hydrogen-bond acceptors (Lipinski definition) is 6. The number of fused-ring (bicyclic) bond motifs is 1. The Hall–Kier alpha value is -3.86. The van der Waals surface area contributed by atoms with Gasteiger partial charge in [0.15, 0.2) is 0 Å².